The van der Waals surface area contributed by atoms with Crippen molar-refractivity contribution in [2.24, 2.45) is 0 Å². The van der Waals surface area contributed by atoms with E-state index in [1.807, 2.05) is 43.3 Å². The number of nitrogens with two attached hydrogens (primary N) is 1. The maximum atomic E-state index is 6.11. The molecule has 0 amide bonds. The van der Waals surface area contributed by atoms with Crippen LogP contribution in [-0.2, 0) is 22.3 Å². The lowest BCUT2D eigenvalue weighted by atomic mass is 10.1. The van der Waals surface area contributed by atoms with Crippen LogP contribution in [0.2, 0.25) is 0 Å². The van der Waals surface area contributed by atoms with Crippen molar-refractivity contribution >= 4 is 5.69 Å². The van der Waals surface area contributed by atoms with Gasteiger partial charge in [0.25, 0.3) is 0 Å². The lowest BCUT2D eigenvalue weighted by molar-refractivity contribution is -0.0352. The Morgan fingerprint density at radius 3 is 2.39 bits per heavy atom. The highest BCUT2D eigenvalue weighted by Crippen LogP contribution is 2.23. The Bertz CT molecular complexity index is 1010. The molecule has 6 heteroatoms. The Kier molecular flexibility index (Phi) is 11.7. The Labute approximate surface area is 216 Å². The van der Waals surface area contributed by atoms with E-state index in [4.69, 9.17) is 29.9 Å². The van der Waals surface area contributed by atoms with Gasteiger partial charge < -0.3 is 19.9 Å². The van der Waals surface area contributed by atoms with E-state index in [2.05, 4.69) is 38.1 Å². The Hall–Kier alpha value is -2.96. The first-order valence-corrected chi connectivity index (χ1v) is 13.2. The van der Waals surface area contributed by atoms with Crippen LogP contribution in [-0.4, -0.2) is 42.0 Å². The van der Waals surface area contributed by atoms with E-state index < -0.39 is 0 Å². The van der Waals surface area contributed by atoms with Gasteiger partial charge >= 0.3 is 6.01 Å². The van der Waals surface area contributed by atoms with Crippen molar-refractivity contribution in [1.82, 2.24) is 9.97 Å². The number of hydrogen-bond donors (Lipinski definition) is 1. The summed E-state index contributed by atoms with van der Waals surface area (Å²) >= 11 is 0. The van der Waals surface area contributed by atoms with Crippen LogP contribution in [0.15, 0.2) is 60.7 Å². The third kappa shape index (κ3) is 9.59. The summed E-state index contributed by atoms with van der Waals surface area (Å²) in [6, 6.07) is 20.7. The smallest absolute Gasteiger partial charge is 0.317 e. The van der Waals surface area contributed by atoms with E-state index >= 15 is 0 Å². The third-order valence-corrected chi connectivity index (χ3v) is 5.98. The summed E-state index contributed by atoms with van der Waals surface area (Å²) in [6.07, 6.45) is 5.91. The summed E-state index contributed by atoms with van der Waals surface area (Å²) in [4.78, 5) is 9.41. The Morgan fingerprint density at radius 1 is 0.889 bits per heavy atom. The van der Waals surface area contributed by atoms with Gasteiger partial charge in [0.1, 0.15) is 6.10 Å². The fourth-order valence-electron chi connectivity index (χ4n) is 3.83. The molecule has 3 rings (SSSR count). The quantitative estimate of drug-likeness (QED) is 0.188. The minimum absolute atomic E-state index is 0.116. The fraction of sp³-hybridized carbons (Fsp3) is 0.467. The van der Waals surface area contributed by atoms with Crippen molar-refractivity contribution in [1.29, 1.82) is 0 Å². The summed E-state index contributed by atoms with van der Waals surface area (Å²) in [5, 5.41) is 0. The van der Waals surface area contributed by atoms with Crippen LogP contribution >= 0.6 is 0 Å². The predicted octanol–water partition coefficient (Wildman–Crippen LogP) is 6.28. The van der Waals surface area contributed by atoms with E-state index in [0.29, 0.717) is 19.2 Å². The highest BCUT2D eigenvalue weighted by molar-refractivity contribution is 5.62. The first-order valence-electron chi connectivity index (χ1n) is 13.2. The van der Waals surface area contributed by atoms with Gasteiger partial charge in [-0.25, -0.2) is 4.98 Å². The molecule has 6 nitrogen and oxygen atoms in total. The van der Waals surface area contributed by atoms with Gasteiger partial charge in [0.15, 0.2) is 0 Å². The van der Waals surface area contributed by atoms with Crippen molar-refractivity contribution < 1.29 is 14.2 Å². The molecule has 2 aromatic carbocycles. The average molecular weight is 492 g/mol. The summed E-state index contributed by atoms with van der Waals surface area (Å²) < 4.78 is 17.9. The number of benzene rings is 2. The van der Waals surface area contributed by atoms with Crippen LogP contribution in [0.1, 0.15) is 57.7 Å². The van der Waals surface area contributed by atoms with Crippen molar-refractivity contribution in [2.75, 3.05) is 25.6 Å². The zero-order valence-electron chi connectivity index (χ0n) is 22.0. The molecule has 3 aromatic rings. The van der Waals surface area contributed by atoms with E-state index in [1.165, 1.54) is 5.56 Å². The molecular formula is C30H41N3O3. The van der Waals surface area contributed by atoms with Gasteiger partial charge in [0.05, 0.1) is 25.0 Å². The third-order valence-electron chi connectivity index (χ3n) is 5.98. The summed E-state index contributed by atoms with van der Waals surface area (Å²) in [6.45, 7) is 8.06. The van der Waals surface area contributed by atoms with Crippen molar-refractivity contribution in [2.45, 2.75) is 71.5 Å². The first kappa shape index (κ1) is 27.6. The highest BCUT2D eigenvalue weighted by atomic mass is 16.6. The molecule has 1 heterocycles. The molecule has 2 unspecified atom stereocenters. The second kappa shape index (κ2) is 15.2. The van der Waals surface area contributed by atoms with Crippen LogP contribution in [0.4, 0.5) is 5.69 Å². The van der Waals surface area contributed by atoms with Gasteiger partial charge in [0.2, 0.25) is 0 Å². The maximum Gasteiger partial charge on any atom is 0.317 e. The van der Waals surface area contributed by atoms with Crippen LogP contribution in [0.3, 0.4) is 0 Å². The molecule has 0 aliphatic carbocycles. The molecule has 0 radical (unpaired) electrons. The van der Waals surface area contributed by atoms with Gasteiger partial charge in [-0.1, -0.05) is 62.7 Å². The van der Waals surface area contributed by atoms with E-state index in [-0.39, 0.29) is 12.2 Å². The zero-order chi connectivity index (χ0) is 25.6. The predicted molar refractivity (Wildman–Crippen MR) is 146 cm³/mol. The number of nitrogens with zero attached hydrogens (tertiary/aromatic N) is 2. The number of nitrogen functional groups attached to an aromatic ring is 1. The highest BCUT2D eigenvalue weighted by Gasteiger charge is 2.13. The number of ether oxygens (including phenoxy) is 3. The molecule has 1 aromatic heterocycles. The second-order valence-electron chi connectivity index (χ2n) is 9.21. The van der Waals surface area contributed by atoms with Crippen LogP contribution in [0.5, 0.6) is 6.01 Å². The number of aromatic nitrogens is 2. The molecule has 0 spiro atoms. The summed E-state index contributed by atoms with van der Waals surface area (Å²) in [7, 11) is 0. The monoisotopic (exact) mass is 491 g/mol. The normalized spacial score (nSPS) is 12.9. The molecular weight excluding hydrogens is 450 g/mol. The molecule has 0 fully saturated rings. The molecule has 36 heavy (non-hydrogen) atoms. The molecule has 0 aliphatic rings. The minimum atomic E-state index is -0.183. The Balaban J connectivity index is 1.62. The molecule has 0 saturated carbocycles. The maximum absolute atomic E-state index is 6.11. The van der Waals surface area contributed by atoms with Crippen molar-refractivity contribution in [3.8, 4) is 17.3 Å². The average Bonchev–Trinajstić information content (AvgIpc) is 2.89. The lowest BCUT2D eigenvalue weighted by Crippen LogP contribution is -2.25. The van der Waals surface area contributed by atoms with E-state index in [0.717, 1.165) is 67.8 Å². The van der Waals surface area contributed by atoms with Crippen LogP contribution in [0, 0.1) is 0 Å². The SMILES string of the molecule is CCCCOC(CC)COCC(C)Oc1nc(CCCc2ccccc2)cc(-c2ccc(N)cc2)n1. The summed E-state index contributed by atoms with van der Waals surface area (Å²) in [5.74, 6) is 0. The number of anilines is 1. The molecule has 0 aliphatic heterocycles. The van der Waals surface area contributed by atoms with E-state index in [9.17, 15) is 0 Å². The van der Waals surface area contributed by atoms with Gasteiger partial charge in [0, 0.05) is 23.6 Å². The standard InChI is InChI=1S/C30H41N3O3/c1-4-6-19-35-28(5-2)22-34-21-23(3)36-30-32-27(14-10-13-24-11-8-7-9-12-24)20-29(33-30)25-15-17-26(31)18-16-25/h7-9,11-12,15-18,20,23,28H,4-6,10,13-14,19,21-22,31H2,1-3H3. The molecule has 2 N–H and O–H groups in total. The fourth-order valence-corrected chi connectivity index (χ4v) is 3.83. The summed E-state index contributed by atoms with van der Waals surface area (Å²) in [5.41, 5.74) is 10.7. The largest absolute Gasteiger partial charge is 0.458 e. The van der Waals surface area contributed by atoms with Crippen molar-refractivity contribution in [3.05, 3.63) is 71.9 Å². The van der Waals surface area contributed by atoms with Crippen molar-refractivity contribution in [3.63, 3.8) is 0 Å². The lowest BCUT2D eigenvalue weighted by Gasteiger charge is -2.19. The van der Waals surface area contributed by atoms with Gasteiger partial charge in [-0.15, -0.1) is 0 Å². The number of aryl methyl sites for hydroxylation is 2. The number of hydrogen-bond acceptors (Lipinski definition) is 6. The molecule has 0 bridgehead atoms. The molecule has 2 atom stereocenters. The van der Waals surface area contributed by atoms with E-state index in [1.54, 1.807) is 0 Å². The topological polar surface area (TPSA) is 79.5 Å². The number of unbranched alkanes of at least 4 members (excludes halogenated alkanes) is 1. The first-order chi connectivity index (χ1) is 17.6. The second-order valence-corrected chi connectivity index (χ2v) is 9.21. The van der Waals surface area contributed by atoms with Gasteiger partial charge in [-0.2, -0.15) is 4.98 Å². The molecule has 0 saturated heterocycles. The van der Waals surface area contributed by atoms with Gasteiger partial charge in [-0.3, -0.25) is 0 Å². The Morgan fingerprint density at radius 2 is 1.67 bits per heavy atom. The van der Waals surface area contributed by atoms with Crippen LogP contribution < -0.4 is 10.5 Å². The minimum Gasteiger partial charge on any atom is -0.458 e. The zero-order valence-corrected chi connectivity index (χ0v) is 22.0. The number of rotatable bonds is 16. The van der Waals surface area contributed by atoms with Crippen LogP contribution in [0.25, 0.3) is 11.3 Å². The molecule has 194 valence electrons. The van der Waals surface area contributed by atoms with Gasteiger partial charge in [-0.05, 0) is 62.8 Å².